The Bertz CT molecular complexity index is 2150. The van der Waals surface area contributed by atoms with Crippen molar-refractivity contribution in [2.75, 3.05) is 16.8 Å². The van der Waals surface area contributed by atoms with Gasteiger partial charge in [-0.1, -0.05) is 56.6 Å². The van der Waals surface area contributed by atoms with E-state index in [4.69, 9.17) is 20.4 Å². The first-order valence-corrected chi connectivity index (χ1v) is 13.6. The standard InChI is InChI=1S/C36H28N5O.Pt/c1-36(2,3)24-16-17-38-35(18-24)41-31-11-7-6-10-29(31)30-15-14-27(22-34(30)41)42-28-20-25(37-4)19-26(21-28)40-23-39(5)32-12-8-9-13-33(32)40;/h6-20,23H,1-3,5H3;/q-3;/i5D3;. The van der Waals surface area contributed by atoms with E-state index in [1.54, 1.807) is 29.2 Å². The third-order valence-electron chi connectivity index (χ3n) is 7.45. The molecule has 0 fully saturated rings. The zero-order valence-electron chi connectivity index (χ0n) is 26.7. The van der Waals surface area contributed by atoms with Crippen LogP contribution in [0.2, 0.25) is 0 Å². The molecule has 7 rings (SSSR count). The molecule has 0 radical (unpaired) electrons. The SMILES string of the molecule is [2H]C([2H])([2H])N1[CH-]N(c2[c-]c(Oc3[c-]c4c(cc3)c3ccccc3n4-c3cc(C(C)(C)C)ccn3)cc([N+]#[C-])c2)c2ccccc21.[Pt]. The summed E-state index contributed by atoms with van der Waals surface area (Å²) in [5, 5.41) is 2.08. The fourth-order valence-electron chi connectivity index (χ4n) is 5.36. The predicted octanol–water partition coefficient (Wildman–Crippen LogP) is 9.12. The topological polar surface area (TPSA) is 37.9 Å². The van der Waals surface area contributed by atoms with Crippen LogP contribution in [-0.2, 0) is 26.5 Å². The van der Waals surface area contributed by atoms with E-state index >= 15 is 0 Å². The van der Waals surface area contributed by atoms with Crippen LogP contribution in [0.1, 0.15) is 30.4 Å². The quantitative estimate of drug-likeness (QED) is 0.169. The second-order valence-electron chi connectivity index (χ2n) is 11.2. The first kappa shape index (κ1) is 25.0. The second kappa shape index (κ2) is 10.9. The van der Waals surface area contributed by atoms with Crippen LogP contribution in [0.4, 0.5) is 22.7 Å². The van der Waals surface area contributed by atoms with Crippen molar-refractivity contribution in [3.05, 3.63) is 127 Å². The van der Waals surface area contributed by atoms with Crippen LogP contribution in [-0.4, -0.2) is 16.5 Å². The minimum atomic E-state index is -2.38. The minimum absolute atomic E-state index is 0. The van der Waals surface area contributed by atoms with Crippen molar-refractivity contribution in [1.82, 2.24) is 9.55 Å². The number of anilines is 3. The average molecular weight is 745 g/mol. The molecule has 0 aliphatic carbocycles. The third-order valence-corrected chi connectivity index (χ3v) is 7.45. The molecule has 3 heterocycles. The number of aromatic nitrogens is 2. The summed E-state index contributed by atoms with van der Waals surface area (Å²) < 4.78 is 32.5. The normalized spacial score (nSPS) is 14.0. The second-order valence-corrected chi connectivity index (χ2v) is 11.2. The first-order chi connectivity index (χ1) is 21.5. The van der Waals surface area contributed by atoms with E-state index < -0.39 is 6.98 Å². The van der Waals surface area contributed by atoms with Gasteiger partial charge in [-0.05, 0) is 53.7 Å². The van der Waals surface area contributed by atoms with Gasteiger partial charge in [-0.25, -0.2) is 4.98 Å². The van der Waals surface area contributed by atoms with Gasteiger partial charge in [0, 0.05) is 59.8 Å². The van der Waals surface area contributed by atoms with Crippen LogP contribution in [0.25, 0.3) is 32.5 Å². The molecule has 0 atom stereocenters. The molecule has 4 aromatic carbocycles. The molecule has 0 amide bonds. The van der Waals surface area contributed by atoms with Crippen molar-refractivity contribution in [3.8, 4) is 17.3 Å². The molecule has 6 nitrogen and oxygen atoms in total. The van der Waals surface area contributed by atoms with E-state index in [1.165, 1.54) is 17.1 Å². The number of hydrogen-bond acceptors (Lipinski definition) is 4. The Morgan fingerprint density at radius 1 is 0.907 bits per heavy atom. The summed E-state index contributed by atoms with van der Waals surface area (Å²) in [7, 11) is 0. The molecular formula is C36H28N5OPt-3. The van der Waals surface area contributed by atoms with Gasteiger partial charge in [-0.2, -0.15) is 12.7 Å². The van der Waals surface area contributed by atoms with Gasteiger partial charge in [0.2, 0.25) is 0 Å². The van der Waals surface area contributed by atoms with Crippen molar-refractivity contribution in [1.29, 1.82) is 0 Å². The molecule has 0 unspecified atom stereocenters. The molecule has 0 spiro atoms. The Hall–Kier alpha value is -4.59. The first-order valence-electron chi connectivity index (χ1n) is 15.1. The molecule has 216 valence electrons. The van der Waals surface area contributed by atoms with Gasteiger partial charge < -0.3 is 19.1 Å². The molecule has 0 saturated carbocycles. The van der Waals surface area contributed by atoms with Crippen LogP contribution in [0.5, 0.6) is 11.5 Å². The third kappa shape index (κ3) is 5.05. The molecule has 43 heavy (non-hydrogen) atoms. The van der Waals surface area contributed by atoms with Crippen LogP contribution in [0.15, 0.2) is 91.1 Å². The van der Waals surface area contributed by atoms with Crippen LogP contribution < -0.4 is 14.5 Å². The van der Waals surface area contributed by atoms with E-state index in [0.29, 0.717) is 34.2 Å². The van der Waals surface area contributed by atoms with Gasteiger partial charge in [-0.3, -0.25) is 4.85 Å². The zero-order chi connectivity index (χ0) is 31.5. The summed E-state index contributed by atoms with van der Waals surface area (Å²) in [6.07, 6.45) is 1.84. The summed E-state index contributed by atoms with van der Waals surface area (Å²) >= 11 is 0. The molecule has 0 saturated heterocycles. The van der Waals surface area contributed by atoms with E-state index in [0.717, 1.165) is 27.6 Å². The number of hydrogen-bond donors (Lipinski definition) is 0. The number of ether oxygens (including phenoxy) is 1. The maximum Gasteiger partial charge on any atom is 0.135 e. The van der Waals surface area contributed by atoms with Gasteiger partial charge in [0.1, 0.15) is 5.82 Å². The van der Waals surface area contributed by atoms with E-state index in [-0.39, 0.29) is 26.5 Å². The van der Waals surface area contributed by atoms with Gasteiger partial charge in [0.05, 0.1) is 12.3 Å². The fourth-order valence-corrected chi connectivity index (χ4v) is 5.36. The van der Waals surface area contributed by atoms with E-state index in [1.807, 2.05) is 48.7 Å². The van der Waals surface area contributed by atoms with Crippen molar-refractivity contribution < 1.29 is 29.9 Å². The Labute approximate surface area is 270 Å². The smallest absolute Gasteiger partial charge is 0.135 e. The molecule has 2 aromatic heterocycles. The predicted molar refractivity (Wildman–Crippen MR) is 169 cm³/mol. The van der Waals surface area contributed by atoms with Crippen LogP contribution in [0, 0.1) is 25.4 Å². The summed E-state index contributed by atoms with van der Waals surface area (Å²) in [6.45, 7) is 13.4. The van der Waals surface area contributed by atoms with Crippen molar-refractivity contribution in [2.45, 2.75) is 26.2 Å². The summed E-state index contributed by atoms with van der Waals surface area (Å²) in [5.74, 6) is 1.54. The minimum Gasteiger partial charge on any atom is -0.510 e. The van der Waals surface area contributed by atoms with Gasteiger partial charge >= 0.3 is 0 Å². The maximum absolute atomic E-state index is 8.02. The Kier molecular flexibility index (Phi) is 6.33. The number of benzene rings is 4. The maximum atomic E-state index is 8.02. The van der Waals surface area contributed by atoms with Gasteiger partial charge in [0.25, 0.3) is 0 Å². The Morgan fingerprint density at radius 3 is 2.49 bits per heavy atom. The number of rotatable bonds is 4. The van der Waals surface area contributed by atoms with Crippen molar-refractivity contribution in [3.63, 3.8) is 0 Å². The summed E-state index contributed by atoms with van der Waals surface area (Å²) in [6, 6.07) is 33.4. The largest absolute Gasteiger partial charge is 0.510 e. The van der Waals surface area contributed by atoms with Crippen LogP contribution >= 0.6 is 0 Å². The molecule has 1 aliphatic heterocycles. The molecule has 0 N–H and O–H groups in total. The number of fused-ring (bicyclic) bond motifs is 4. The van der Waals surface area contributed by atoms with Crippen molar-refractivity contribution in [2.24, 2.45) is 0 Å². The van der Waals surface area contributed by atoms with Crippen molar-refractivity contribution >= 4 is 44.6 Å². The molecule has 6 aromatic rings. The number of nitrogens with zero attached hydrogens (tertiary/aromatic N) is 5. The fraction of sp³-hybridized carbons (Fsp3) is 0.139. The molecular weight excluding hydrogens is 714 g/mol. The average Bonchev–Trinajstić information content (AvgIpc) is 3.57. The zero-order valence-corrected chi connectivity index (χ0v) is 26.0. The molecule has 1 aliphatic rings. The van der Waals surface area contributed by atoms with Gasteiger partial charge in [0.15, 0.2) is 0 Å². The number of pyridine rings is 1. The summed E-state index contributed by atoms with van der Waals surface area (Å²) in [4.78, 5) is 11.3. The van der Waals surface area contributed by atoms with E-state index in [9.17, 15) is 0 Å². The Morgan fingerprint density at radius 2 is 1.70 bits per heavy atom. The monoisotopic (exact) mass is 744 g/mol. The summed E-state index contributed by atoms with van der Waals surface area (Å²) in [5.41, 5.74) is 4.95. The van der Waals surface area contributed by atoms with Crippen LogP contribution in [0.3, 0.4) is 0 Å². The Balaban J connectivity index is 0.00000372. The number of para-hydroxylation sites is 3. The molecule has 7 heteroatoms. The van der Waals surface area contributed by atoms with Gasteiger partial charge in [-0.15, -0.1) is 41.4 Å². The van der Waals surface area contributed by atoms with E-state index in [2.05, 4.69) is 60.5 Å². The molecule has 0 bridgehead atoms.